The Balaban J connectivity index is 2.35. The zero-order valence-corrected chi connectivity index (χ0v) is 15.9. The first-order valence-electron chi connectivity index (χ1n) is 8.57. The molecule has 0 atom stereocenters. The van der Waals surface area contributed by atoms with Crippen molar-refractivity contribution in [2.45, 2.75) is 47.2 Å². The summed E-state index contributed by atoms with van der Waals surface area (Å²) in [6.45, 7) is 7.94. The number of hydrogen-bond donors (Lipinski definition) is 0. The van der Waals surface area contributed by atoms with E-state index in [2.05, 4.69) is 4.98 Å². The van der Waals surface area contributed by atoms with Crippen LogP contribution in [-0.2, 0) is 11.2 Å². The highest BCUT2D eigenvalue weighted by Crippen LogP contribution is 2.26. The molecule has 1 heterocycles. The molecule has 0 spiro atoms. The van der Waals surface area contributed by atoms with Gasteiger partial charge in [-0.05, 0) is 36.5 Å². The Labute approximate surface area is 152 Å². The molecule has 6 heteroatoms. The maximum atomic E-state index is 12.9. The molecule has 0 saturated carbocycles. The summed E-state index contributed by atoms with van der Waals surface area (Å²) in [6, 6.07) is 7.56. The molecular formula is C20H25F3N2O. The standard InChI is InChI=1S/C20H25F3N2O/c1-13-15-8-6-7-9-17(15)24-14(2)16(13)10-18(26)25(11-19(3,4)5)12-20(21,22)23/h6-9H,10-12H2,1-5H3. The third-order valence-corrected chi connectivity index (χ3v) is 4.20. The molecular weight excluding hydrogens is 341 g/mol. The lowest BCUT2D eigenvalue weighted by Gasteiger charge is -2.31. The average Bonchev–Trinajstić information content (AvgIpc) is 2.47. The normalized spacial score (nSPS) is 12.5. The Morgan fingerprint density at radius 3 is 2.27 bits per heavy atom. The van der Waals surface area contributed by atoms with Crippen LogP contribution in [0.25, 0.3) is 10.9 Å². The van der Waals surface area contributed by atoms with Gasteiger partial charge in [-0.3, -0.25) is 9.78 Å². The van der Waals surface area contributed by atoms with Crippen LogP contribution in [0.2, 0.25) is 0 Å². The lowest BCUT2D eigenvalue weighted by atomic mass is 9.95. The minimum absolute atomic E-state index is 0.0461. The Kier molecular flexibility index (Phi) is 5.64. The van der Waals surface area contributed by atoms with Gasteiger partial charge in [-0.2, -0.15) is 13.2 Å². The molecule has 0 unspecified atom stereocenters. The van der Waals surface area contributed by atoms with Crippen molar-refractivity contribution < 1.29 is 18.0 Å². The number of hydrogen-bond acceptors (Lipinski definition) is 2. The number of para-hydroxylation sites is 1. The van der Waals surface area contributed by atoms with E-state index in [0.717, 1.165) is 21.4 Å². The molecule has 0 aliphatic rings. The molecule has 1 amide bonds. The van der Waals surface area contributed by atoms with Crippen LogP contribution in [0.15, 0.2) is 24.3 Å². The van der Waals surface area contributed by atoms with Crippen LogP contribution in [0.3, 0.4) is 0 Å². The minimum atomic E-state index is -4.42. The number of benzene rings is 1. The van der Waals surface area contributed by atoms with Crippen LogP contribution in [0.5, 0.6) is 0 Å². The summed E-state index contributed by atoms with van der Waals surface area (Å²) in [6.07, 6.45) is -4.51. The highest BCUT2D eigenvalue weighted by Gasteiger charge is 2.35. The number of amides is 1. The molecule has 1 aromatic carbocycles. The minimum Gasteiger partial charge on any atom is -0.333 e. The van der Waals surface area contributed by atoms with E-state index in [0.29, 0.717) is 11.3 Å². The predicted octanol–water partition coefficient (Wildman–Crippen LogP) is 4.83. The molecule has 2 aromatic rings. The summed E-state index contributed by atoms with van der Waals surface area (Å²) >= 11 is 0. The van der Waals surface area contributed by atoms with Crippen molar-refractivity contribution >= 4 is 16.8 Å². The molecule has 2 rings (SSSR count). The van der Waals surface area contributed by atoms with E-state index in [9.17, 15) is 18.0 Å². The van der Waals surface area contributed by atoms with E-state index >= 15 is 0 Å². The van der Waals surface area contributed by atoms with Crippen molar-refractivity contribution in [1.29, 1.82) is 0 Å². The first kappa shape index (κ1) is 20.2. The van der Waals surface area contributed by atoms with Gasteiger partial charge in [-0.1, -0.05) is 39.0 Å². The Bertz CT molecular complexity index is 791. The van der Waals surface area contributed by atoms with Crippen LogP contribution in [-0.4, -0.2) is 35.1 Å². The number of fused-ring (bicyclic) bond motifs is 1. The quantitative estimate of drug-likeness (QED) is 0.776. The van der Waals surface area contributed by atoms with Crippen LogP contribution in [0.4, 0.5) is 13.2 Å². The molecule has 1 aromatic heterocycles. The molecule has 26 heavy (non-hydrogen) atoms. The predicted molar refractivity (Wildman–Crippen MR) is 97.0 cm³/mol. The highest BCUT2D eigenvalue weighted by atomic mass is 19.4. The lowest BCUT2D eigenvalue weighted by Crippen LogP contribution is -2.44. The number of carbonyl (C=O) groups is 1. The van der Waals surface area contributed by atoms with Crippen molar-refractivity contribution in [2.75, 3.05) is 13.1 Å². The Morgan fingerprint density at radius 2 is 1.69 bits per heavy atom. The van der Waals surface area contributed by atoms with E-state index in [1.54, 1.807) is 6.92 Å². The molecule has 0 saturated heterocycles. The number of aryl methyl sites for hydroxylation is 2. The molecule has 0 aliphatic carbocycles. The van der Waals surface area contributed by atoms with Gasteiger partial charge in [0, 0.05) is 17.6 Å². The van der Waals surface area contributed by atoms with E-state index in [1.807, 2.05) is 52.0 Å². The maximum Gasteiger partial charge on any atom is 0.406 e. The molecule has 0 bridgehead atoms. The zero-order valence-electron chi connectivity index (χ0n) is 15.9. The van der Waals surface area contributed by atoms with Gasteiger partial charge in [-0.25, -0.2) is 0 Å². The van der Waals surface area contributed by atoms with Crippen LogP contribution in [0.1, 0.15) is 37.6 Å². The van der Waals surface area contributed by atoms with Gasteiger partial charge in [0.05, 0.1) is 11.9 Å². The fourth-order valence-electron chi connectivity index (χ4n) is 3.12. The van der Waals surface area contributed by atoms with Crippen LogP contribution < -0.4 is 0 Å². The number of alkyl halides is 3. The van der Waals surface area contributed by atoms with Crippen molar-refractivity contribution in [2.24, 2.45) is 5.41 Å². The van der Waals surface area contributed by atoms with Gasteiger partial charge < -0.3 is 4.90 Å². The second kappa shape index (κ2) is 7.25. The maximum absolute atomic E-state index is 12.9. The Hall–Kier alpha value is -2.11. The zero-order chi connectivity index (χ0) is 19.7. The summed E-state index contributed by atoms with van der Waals surface area (Å²) in [5.74, 6) is -0.527. The monoisotopic (exact) mass is 366 g/mol. The summed E-state index contributed by atoms with van der Waals surface area (Å²) in [5, 5.41) is 0.916. The van der Waals surface area contributed by atoms with Gasteiger partial charge in [0.15, 0.2) is 0 Å². The number of nitrogens with zero attached hydrogens (tertiary/aromatic N) is 2. The van der Waals surface area contributed by atoms with E-state index in [-0.39, 0.29) is 13.0 Å². The van der Waals surface area contributed by atoms with E-state index < -0.39 is 24.0 Å². The van der Waals surface area contributed by atoms with Crippen molar-refractivity contribution in [3.63, 3.8) is 0 Å². The van der Waals surface area contributed by atoms with Crippen LogP contribution >= 0.6 is 0 Å². The Morgan fingerprint density at radius 1 is 1.08 bits per heavy atom. The fraction of sp³-hybridized carbons (Fsp3) is 0.500. The van der Waals surface area contributed by atoms with Gasteiger partial charge >= 0.3 is 6.18 Å². The summed E-state index contributed by atoms with van der Waals surface area (Å²) in [4.78, 5) is 18.1. The van der Waals surface area contributed by atoms with Gasteiger partial charge in [-0.15, -0.1) is 0 Å². The number of pyridine rings is 1. The third kappa shape index (κ3) is 5.19. The summed E-state index contributed by atoms with van der Waals surface area (Å²) in [7, 11) is 0. The lowest BCUT2D eigenvalue weighted by molar-refractivity contribution is -0.163. The largest absolute Gasteiger partial charge is 0.406 e. The van der Waals surface area contributed by atoms with Gasteiger partial charge in [0.1, 0.15) is 6.54 Å². The smallest absolute Gasteiger partial charge is 0.333 e. The number of halogens is 3. The molecule has 142 valence electrons. The molecule has 0 fully saturated rings. The van der Waals surface area contributed by atoms with E-state index in [1.165, 1.54) is 0 Å². The SMILES string of the molecule is Cc1nc2ccccc2c(C)c1CC(=O)N(CC(C)(C)C)CC(F)(F)F. The molecule has 0 aliphatic heterocycles. The molecule has 0 N–H and O–H groups in total. The second-order valence-electron chi connectivity index (χ2n) is 7.92. The average molecular weight is 366 g/mol. The number of carbonyl (C=O) groups excluding carboxylic acids is 1. The summed E-state index contributed by atoms with van der Waals surface area (Å²) < 4.78 is 38.8. The number of aromatic nitrogens is 1. The molecule has 0 radical (unpaired) electrons. The first-order chi connectivity index (χ1) is 11.9. The van der Waals surface area contributed by atoms with Crippen LogP contribution in [0, 0.1) is 19.3 Å². The highest BCUT2D eigenvalue weighted by molar-refractivity contribution is 5.86. The molecule has 3 nitrogen and oxygen atoms in total. The third-order valence-electron chi connectivity index (χ3n) is 4.20. The van der Waals surface area contributed by atoms with Gasteiger partial charge in [0.2, 0.25) is 5.91 Å². The number of rotatable bonds is 4. The summed E-state index contributed by atoms with van der Waals surface area (Å²) in [5.41, 5.74) is 2.67. The van der Waals surface area contributed by atoms with E-state index in [4.69, 9.17) is 0 Å². The van der Waals surface area contributed by atoms with Crippen molar-refractivity contribution in [3.8, 4) is 0 Å². The fourth-order valence-corrected chi connectivity index (χ4v) is 3.12. The van der Waals surface area contributed by atoms with Gasteiger partial charge in [0.25, 0.3) is 0 Å². The van der Waals surface area contributed by atoms with Crippen molar-refractivity contribution in [3.05, 3.63) is 41.1 Å². The first-order valence-corrected chi connectivity index (χ1v) is 8.57. The van der Waals surface area contributed by atoms with Crippen molar-refractivity contribution in [1.82, 2.24) is 9.88 Å². The topological polar surface area (TPSA) is 33.2 Å². The second-order valence-corrected chi connectivity index (χ2v) is 7.92.